The molecule has 22 heavy (non-hydrogen) atoms. The summed E-state index contributed by atoms with van der Waals surface area (Å²) in [6.45, 7) is 7.22. The predicted octanol–water partition coefficient (Wildman–Crippen LogP) is 3.68. The van der Waals surface area contributed by atoms with E-state index in [2.05, 4.69) is 17.2 Å². The van der Waals surface area contributed by atoms with E-state index in [9.17, 15) is 9.59 Å². The van der Waals surface area contributed by atoms with Crippen LogP contribution >= 0.6 is 0 Å². The minimum Gasteiger partial charge on any atom is -0.323 e. The van der Waals surface area contributed by atoms with E-state index in [-0.39, 0.29) is 11.8 Å². The summed E-state index contributed by atoms with van der Waals surface area (Å²) < 4.78 is 0. The van der Waals surface area contributed by atoms with E-state index in [1.54, 1.807) is 24.3 Å². The standard InChI is InChI=1S/C18H18N2O2/c1-4-16(21)19-14-8-10-15(11-9-14)20-18(22)17-12(2)6-5-7-13(17)3/h4-11H,1H2,2-3H3,(H,19,21)(H,20,22). The number of carbonyl (C=O) groups excluding carboxylic acids is 2. The molecule has 0 aliphatic carbocycles. The van der Waals surface area contributed by atoms with Crippen molar-refractivity contribution in [2.45, 2.75) is 13.8 Å². The summed E-state index contributed by atoms with van der Waals surface area (Å²) in [7, 11) is 0. The Balaban J connectivity index is 2.12. The number of aryl methyl sites for hydroxylation is 2. The summed E-state index contributed by atoms with van der Waals surface area (Å²) in [5.74, 6) is -0.411. The highest BCUT2D eigenvalue weighted by Crippen LogP contribution is 2.18. The Kier molecular flexibility index (Phi) is 4.73. The monoisotopic (exact) mass is 294 g/mol. The third kappa shape index (κ3) is 3.61. The van der Waals surface area contributed by atoms with Gasteiger partial charge < -0.3 is 10.6 Å². The van der Waals surface area contributed by atoms with Crippen molar-refractivity contribution in [1.82, 2.24) is 0 Å². The third-order valence-corrected chi connectivity index (χ3v) is 3.30. The average molecular weight is 294 g/mol. The first kappa shape index (κ1) is 15.5. The highest BCUT2D eigenvalue weighted by molar-refractivity contribution is 6.06. The Labute approximate surface area is 129 Å². The SMILES string of the molecule is C=CC(=O)Nc1ccc(NC(=O)c2c(C)cccc2C)cc1. The number of benzene rings is 2. The maximum atomic E-state index is 12.4. The molecule has 0 saturated carbocycles. The lowest BCUT2D eigenvalue weighted by molar-refractivity contribution is -0.111. The molecule has 0 saturated heterocycles. The Hall–Kier alpha value is -2.88. The zero-order chi connectivity index (χ0) is 16.1. The van der Waals surface area contributed by atoms with Gasteiger partial charge in [-0.1, -0.05) is 24.8 Å². The van der Waals surface area contributed by atoms with Crippen LogP contribution in [0.2, 0.25) is 0 Å². The molecule has 112 valence electrons. The van der Waals surface area contributed by atoms with Crippen LogP contribution in [-0.4, -0.2) is 11.8 Å². The molecule has 0 unspecified atom stereocenters. The van der Waals surface area contributed by atoms with Crippen LogP contribution in [0.1, 0.15) is 21.5 Å². The molecule has 4 heteroatoms. The van der Waals surface area contributed by atoms with Gasteiger partial charge in [-0.2, -0.15) is 0 Å². The largest absolute Gasteiger partial charge is 0.323 e. The summed E-state index contributed by atoms with van der Waals surface area (Å²) in [6.07, 6.45) is 1.21. The smallest absolute Gasteiger partial charge is 0.256 e. The van der Waals surface area contributed by atoms with Crippen molar-refractivity contribution >= 4 is 23.2 Å². The molecule has 2 N–H and O–H groups in total. The molecule has 2 aromatic rings. The molecule has 0 aliphatic rings. The van der Waals surface area contributed by atoms with Gasteiger partial charge >= 0.3 is 0 Å². The first-order valence-corrected chi connectivity index (χ1v) is 6.92. The minimum absolute atomic E-state index is 0.140. The van der Waals surface area contributed by atoms with E-state index >= 15 is 0 Å². The topological polar surface area (TPSA) is 58.2 Å². The molecule has 2 rings (SSSR count). The molecule has 0 aromatic heterocycles. The van der Waals surface area contributed by atoms with E-state index in [0.29, 0.717) is 16.9 Å². The van der Waals surface area contributed by atoms with Gasteiger partial charge in [0.25, 0.3) is 5.91 Å². The van der Waals surface area contributed by atoms with Crippen molar-refractivity contribution in [3.8, 4) is 0 Å². The number of rotatable bonds is 4. The normalized spacial score (nSPS) is 9.91. The highest BCUT2D eigenvalue weighted by atomic mass is 16.2. The van der Waals surface area contributed by atoms with Crippen molar-refractivity contribution in [1.29, 1.82) is 0 Å². The second kappa shape index (κ2) is 6.72. The van der Waals surface area contributed by atoms with Crippen molar-refractivity contribution in [3.05, 3.63) is 71.8 Å². The fourth-order valence-corrected chi connectivity index (χ4v) is 2.20. The Bertz CT molecular complexity index is 698. The van der Waals surface area contributed by atoms with Gasteiger partial charge in [0, 0.05) is 16.9 Å². The van der Waals surface area contributed by atoms with Crippen molar-refractivity contribution in [3.63, 3.8) is 0 Å². The molecular formula is C18H18N2O2. The van der Waals surface area contributed by atoms with E-state index in [1.807, 2.05) is 32.0 Å². The summed E-state index contributed by atoms with van der Waals surface area (Å²) in [6, 6.07) is 12.7. The van der Waals surface area contributed by atoms with Crippen LogP contribution in [0.5, 0.6) is 0 Å². The zero-order valence-corrected chi connectivity index (χ0v) is 12.6. The minimum atomic E-state index is -0.271. The van der Waals surface area contributed by atoms with Crippen molar-refractivity contribution < 1.29 is 9.59 Å². The number of hydrogen-bond donors (Lipinski definition) is 2. The molecule has 0 radical (unpaired) electrons. The number of nitrogens with one attached hydrogen (secondary N) is 2. The van der Waals surface area contributed by atoms with Crippen LogP contribution in [0.4, 0.5) is 11.4 Å². The van der Waals surface area contributed by atoms with Crippen LogP contribution < -0.4 is 10.6 Å². The third-order valence-electron chi connectivity index (χ3n) is 3.30. The lowest BCUT2D eigenvalue weighted by Crippen LogP contribution is -2.15. The molecule has 0 fully saturated rings. The second-order valence-corrected chi connectivity index (χ2v) is 4.99. The quantitative estimate of drug-likeness (QED) is 0.845. The second-order valence-electron chi connectivity index (χ2n) is 4.99. The molecule has 2 aromatic carbocycles. The molecule has 2 amide bonds. The number of carbonyl (C=O) groups is 2. The van der Waals surface area contributed by atoms with Gasteiger partial charge in [0.1, 0.15) is 0 Å². The summed E-state index contributed by atoms with van der Waals surface area (Å²) >= 11 is 0. The van der Waals surface area contributed by atoms with Crippen LogP contribution in [0.15, 0.2) is 55.1 Å². The van der Waals surface area contributed by atoms with Crippen LogP contribution in [-0.2, 0) is 4.79 Å². The molecule has 0 aliphatic heterocycles. The van der Waals surface area contributed by atoms with E-state index in [1.165, 1.54) is 6.08 Å². The molecular weight excluding hydrogens is 276 g/mol. The Morgan fingerprint density at radius 1 is 0.909 bits per heavy atom. The van der Waals surface area contributed by atoms with E-state index < -0.39 is 0 Å². The lowest BCUT2D eigenvalue weighted by Gasteiger charge is -2.11. The van der Waals surface area contributed by atoms with Crippen molar-refractivity contribution in [2.24, 2.45) is 0 Å². The van der Waals surface area contributed by atoms with Crippen LogP contribution in [0, 0.1) is 13.8 Å². The van der Waals surface area contributed by atoms with Gasteiger partial charge in [0.15, 0.2) is 0 Å². The highest BCUT2D eigenvalue weighted by Gasteiger charge is 2.11. The summed E-state index contributed by atoms with van der Waals surface area (Å²) in [5.41, 5.74) is 3.88. The number of anilines is 2. The summed E-state index contributed by atoms with van der Waals surface area (Å²) in [4.78, 5) is 23.6. The Morgan fingerprint density at radius 3 is 1.91 bits per heavy atom. The van der Waals surface area contributed by atoms with Crippen molar-refractivity contribution in [2.75, 3.05) is 10.6 Å². The van der Waals surface area contributed by atoms with Gasteiger partial charge in [-0.3, -0.25) is 9.59 Å². The van der Waals surface area contributed by atoms with Crippen LogP contribution in [0.3, 0.4) is 0 Å². The Morgan fingerprint density at radius 2 is 1.41 bits per heavy atom. The number of hydrogen-bond acceptors (Lipinski definition) is 2. The first-order valence-electron chi connectivity index (χ1n) is 6.92. The fraction of sp³-hybridized carbons (Fsp3) is 0.111. The molecule has 0 spiro atoms. The van der Waals surface area contributed by atoms with Gasteiger partial charge in [-0.25, -0.2) is 0 Å². The van der Waals surface area contributed by atoms with Gasteiger partial charge in [-0.15, -0.1) is 0 Å². The first-order chi connectivity index (χ1) is 10.5. The molecule has 0 heterocycles. The fourth-order valence-electron chi connectivity index (χ4n) is 2.20. The number of amides is 2. The predicted molar refractivity (Wildman–Crippen MR) is 89.1 cm³/mol. The zero-order valence-electron chi connectivity index (χ0n) is 12.6. The van der Waals surface area contributed by atoms with Gasteiger partial charge in [-0.05, 0) is 55.3 Å². The molecule has 0 atom stereocenters. The molecule has 4 nitrogen and oxygen atoms in total. The van der Waals surface area contributed by atoms with E-state index in [4.69, 9.17) is 0 Å². The maximum absolute atomic E-state index is 12.4. The summed E-state index contributed by atoms with van der Waals surface area (Å²) in [5, 5.41) is 5.51. The van der Waals surface area contributed by atoms with Gasteiger partial charge in [0.2, 0.25) is 5.91 Å². The maximum Gasteiger partial charge on any atom is 0.256 e. The lowest BCUT2D eigenvalue weighted by atomic mass is 10.0. The van der Waals surface area contributed by atoms with Gasteiger partial charge in [0.05, 0.1) is 0 Å². The van der Waals surface area contributed by atoms with E-state index in [0.717, 1.165) is 11.1 Å². The van der Waals surface area contributed by atoms with Crippen LogP contribution in [0.25, 0.3) is 0 Å². The molecule has 0 bridgehead atoms. The average Bonchev–Trinajstić information content (AvgIpc) is 2.49.